The van der Waals surface area contributed by atoms with Crippen LogP contribution in [0.3, 0.4) is 0 Å². The summed E-state index contributed by atoms with van der Waals surface area (Å²) in [5, 5.41) is 0. The molecule has 1 amide bonds. The number of hydrogen-bond acceptors (Lipinski definition) is 2. The van der Waals surface area contributed by atoms with Crippen molar-refractivity contribution in [3.8, 4) is 0 Å². The molecule has 3 nitrogen and oxygen atoms in total. The minimum absolute atomic E-state index is 0.213. The maximum absolute atomic E-state index is 11.5. The van der Waals surface area contributed by atoms with Gasteiger partial charge in [-0.25, -0.2) is 0 Å². The second-order valence-electron chi connectivity index (χ2n) is 5.76. The summed E-state index contributed by atoms with van der Waals surface area (Å²) in [7, 11) is 3.85. The normalized spacial score (nSPS) is 14.7. The Morgan fingerprint density at radius 2 is 1.44 bits per heavy atom. The average Bonchev–Trinajstić information content (AvgIpc) is 2.31. The first-order chi connectivity index (χ1) is 8.45. The molecule has 18 heavy (non-hydrogen) atoms. The minimum atomic E-state index is -0.484. The SMILES string of the molecule is CCCCCCCCCCC(C)(C(N)=O)N(C)C. The van der Waals surface area contributed by atoms with Gasteiger partial charge in [-0.3, -0.25) is 9.69 Å². The highest BCUT2D eigenvalue weighted by Crippen LogP contribution is 2.20. The second-order valence-corrected chi connectivity index (χ2v) is 5.76. The number of likely N-dealkylation sites (N-methyl/N-ethyl adjacent to an activating group) is 1. The van der Waals surface area contributed by atoms with Gasteiger partial charge in [-0.2, -0.15) is 0 Å². The molecule has 0 saturated heterocycles. The van der Waals surface area contributed by atoms with Crippen molar-refractivity contribution in [3.63, 3.8) is 0 Å². The predicted molar refractivity (Wildman–Crippen MR) is 78.5 cm³/mol. The van der Waals surface area contributed by atoms with Gasteiger partial charge in [0.1, 0.15) is 0 Å². The van der Waals surface area contributed by atoms with E-state index in [1.807, 2.05) is 25.9 Å². The maximum atomic E-state index is 11.5. The Morgan fingerprint density at radius 3 is 1.83 bits per heavy atom. The molecule has 0 aliphatic heterocycles. The molecule has 0 aromatic rings. The molecule has 108 valence electrons. The van der Waals surface area contributed by atoms with Crippen LogP contribution in [-0.4, -0.2) is 30.4 Å². The van der Waals surface area contributed by atoms with E-state index in [-0.39, 0.29) is 5.91 Å². The number of nitrogens with two attached hydrogens (primary N) is 1. The van der Waals surface area contributed by atoms with Crippen molar-refractivity contribution in [1.29, 1.82) is 0 Å². The highest BCUT2D eigenvalue weighted by molar-refractivity contribution is 5.84. The standard InChI is InChI=1S/C15H32N2O/c1-5-6-7-8-9-10-11-12-13-15(2,14(16)18)17(3)4/h5-13H2,1-4H3,(H2,16,18). The fourth-order valence-corrected chi connectivity index (χ4v) is 2.17. The molecule has 1 unspecified atom stereocenters. The predicted octanol–water partition coefficient (Wildman–Crippen LogP) is 3.32. The van der Waals surface area contributed by atoms with Gasteiger partial charge in [0.15, 0.2) is 0 Å². The van der Waals surface area contributed by atoms with E-state index in [0.717, 1.165) is 12.8 Å². The van der Waals surface area contributed by atoms with Crippen molar-refractivity contribution in [2.45, 2.75) is 77.2 Å². The zero-order valence-corrected chi connectivity index (χ0v) is 12.8. The van der Waals surface area contributed by atoms with E-state index in [2.05, 4.69) is 6.92 Å². The number of amides is 1. The Balaban J connectivity index is 3.66. The molecule has 0 aliphatic carbocycles. The molecule has 0 fully saturated rings. The van der Waals surface area contributed by atoms with E-state index in [1.54, 1.807) is 0 Å². The van der Waals surface area contributed by atoms with Crippen LogP contribution in [0, 0.1) is 0 Å². The highest BCUT2D eigenvalue weighted by atomic mass is 16.1. The molecule has 0 rings (SSSR count). The van der Waals surface area contributed by atoms with Crippen molar-refractivity contribution < 1.29 is 4.79 Å². The van der Waals surface area contributed by atoms with Crippen molar-refractivity contribution >= 4 is 5.91 Å². The number of rotatable bonds is 11. The lowest BCUT2D eigenvalue weighted by Gasteiger charge is -2.33. The van der Waals surface area contributed by atoms with Gasteiger partial charge in [0.05, 0.1) is 5.54 Å². The maximum Gasteiger partial charge on any atom is 0.237 e. The van der Waals surface area contributed by atoms with E-state index in [0.29, 0.717) is 0 Å². The summed E-state index contributed by atoms with van der Waals surface area (Å²) in [6.07, 6.45) is 11.2. The Kier molecular flexibility index (Phi) is 9.08. The molecule has 0 bridgehead atoms. The lowest BCUT2D eigenvalue weighted by Crippen LogP contribution is -2.52. The van der Waals surface area contributed by atoms with Gasteiger partial charge in [-0.15, -0.1) is 0 Å². The van der Waals surface area contributed by atoms with E-state index in [1.165, 1.54) is 44.9 Å². The Morgan fingerprint density at radius 1 is 1.00 bits per heavy atom. The zero-order chi connectivity index (χ0) is 14.0. The Hall–Kier alpha value is -0.570. The molecule has 3 heteroatoms. The monoisotopic (exact) mass is 256 g/mol. The van der Waals surface area contributed by atoms with Crippen LogP contribution in [-0.2, 0) is 4.79 Å². The minimum Gasteiger partial charge on any atom is -0.368 e. The number of hydrogen-bond donors (Lipinski definition) is 1. The quantitative estimate of drug-likeness (QED) is 0.576. The van der Waals surface area contributed by atoms with E-state index in [4.69, 9.17) is 5.73 Å². The van der Waals surface area contributed by atoms with E-state index in [9.17, 15) is 4.79 Å². The number of carbonyl (C=O) groups is 1. The van der Waals surface area contributed by atoms with Crippen LogP contribution in [0.25, 0.3) is 0 Å². The third-order valence-electron chi connectivity index (χ3n) is 4.04. The molecule has 0 heterocycles. The number of primary amides is 1. The number of nitrogens with zero attached hydrogens (tertiary/aromatic N) is 1. The van der Waals surface area contributed by atoms with Crippen LogP contribution in [0.15, 0.2) is 0 Å². The molecule has 0 radical (unpaired) electrons. The smallest absolute Gasteiger partial charge is 0.237 e. The van der Waals surface area contributed by atoms with Crippen LogP contribution >= 0.6 is 0 Å². The molecular weight excluding hydrogens is 224 g/mol. The molecule has 0 spiro atoms. The summed E-state index contributed by atoms with van der Waals surface area (Å²) in [4.78, 5) is 13.4. The van der Waals surface area contributed by atoms with Crippen LogP contribution in [0.5, 0.6) is 0 Å². The summed E-state index contributed by atoms with van der Waals surface area (Å²) in [6, 6.07) is 0. The van der Waals surface area contributed by atoms with Crippen molar-refractivity contribution in [3.05, 3.63) is 0 Å². The third kappa shape index (κ3) is 6.39. The van der Waals surface area contributed by atoms with Crippen LogP contribution in [0.1, 0.15) is 71.6 Å². The molecule has 0 aromatic carbocycles. The van der Waals surface area contributed by atoms with Gasteiger partial charge < -0.3 is 5.73 Å². The van der Waals surface area contributed by atoms with Gasteiger partial charge in [0, 0.05) is 0 Å². The first kappa shape index (κ1) is 17.4. The summed E-state index contributed by atoms with van der Waals surface area (Å²) in [6.45, 7) is 4.18. The number of carbonyl (C=O) groups excluding carboxylic acids is 1. The number of unbranched alkanes of at least 4 members (excludes halogenated alkanes) is 7. The molecular formula is C15H32N2O. The lowest BCUT2D eigenvalue weighted by molar-refractivity contribution is -0.128. The van der Waals surface area contributed by atoms with Crippen LogP contribution < -0.4 is 5.73 Å². The van der Waals surface area contributed by atoms with Crippen LogP contribution in [0.4, 0.5) is 0 Å². The first-order valence-corrected chi connectivity index (χ1v) is 7.42. The van der Waals surface area contributed by atoms with Gasteiger partial charge in [-0.05, 0) is 27.4 Å². The van der Waals surface area contributed by atoms with Gasteiger partial charge >= 0.3 is 0 Å². The fraction of sp³-hybridized carbons (Fsp3) is 0.933. The van der Waals surface area contributed by atoms with Crippen LogP contribution in [0.2, 0.25) is 0 Å². The molecule has 2 N–H and O–H groups in total. The third-order valence-corrected chi connectivity index (χ3v) is 4.04. The van der Waals surface area contributed by atoms with E-state index < -0.39 is 5.54 Å². The summed E-state index contributed by atoms with van der Waals surface area (Å²) in [5.41, 5.74) is 5.00. The lowest BCUT2D eigenvalue weighted by atomic mass is 9.92. The molecule has 1 atom stereocenters. The average molecular weight is 256 g/mol. The van der Waals surface area contributed by atoms with Crippen molar-refractivity contribution in [2.24, 2.45) is 5.73 Å². The Labute approximate surface area is 113 Å². The zero-order valence-electron chi connectivity index (χ0n) is 12.8. The van der Waals surface area contributed by atoms with Crippen molar-refractivity contribution in [1.82, 2.24) is 4.90 Å². The second kappa shape index (κ2) is 9.37. The van der Waals surface area contributed by atoms with Crippen molar-refractivity contribution in [2.75, 3.05) is 14.1 Å². The van der Waals surface area contributed by atoms with Gasteiger partial charge in [-0.1, -0.05) is 58.3 Å². The Bertz CT molecular complexity index is 229. The topological polar surface area (TPSA) is 46.3 Å². The van der Waals surface area contributed by atoms with Gasteiger partial charge in [0.2, 0.25) is 5.91 Å². The first-order valence-electron chi connectivity index (χ1n) is 7.42. The van der Waals surface area contributed by atoms with Gasteiger partial charge in [0.25, 0.3) is 0 Å². The van der Waals surface area contributed by atoms with E-state index >= 15 is 0 Å². The summed E-state index contributed by atoms with van der Waals surface area (Å²) < 4.78 is 0. The summed E-state index contributed by atoms with van der Waals surface area (Å²) in [5.74, 6) is -0.213. The molecule has 0 aromatic heterocycles. The summed E-state index contributed by atoms with van der Waals surface area (Å²) >= 11 is 0. The highest BCUT2D eigenvalue weighted by Gasteiger charge is 2.32. The largest absolute Gasteiger partial charge is 0.368 e. The fourth-order valence-electron chi connectivity index (χ4n) is 2.17. The molecule has 0 aliphatic rings. The molecule has 0 saturated carbocycles.